The van der Waals surface area contributed by atoms with Crippen molar-refractivity contribution in [2.75, 3.05) is 24.3 Å². The topological polar surface area (TPSA) is 101 Å². The van der Waals surface area contributed by atoms with Crippen LogP contribution < -0.4 is 5.32 Å². The zero-order valence-corrected chi connectivity index (χ0v) is 15.9. The third kappa shape index (κ3) is 3.63. The largest absolute Gasteiger partial charge is 0.380 e. The van der Waals surface area contributed by atoms with Crippen LogP contribution in [0.4, 0.5) is 14.5 Å². The lowest BCUT2D eigenvalue weighted by molar-refractivity contribution is -0.0870. The van der Waals surface area contributed by atoms with E-state index in [2.05, 4.69) is 5.32 Å². The Bertz CT molecular complexity index is 1100. The summed E-state index contributed by atoms with van der Waals surface area (Å²) in [6.07, 6.45) is 1.05. The average molecular weight is 409 g/mol. The normalized spacial score (nSPS) is 15.5. The molecule has 1 saturated heterocycles. The van der Waals surface area contributed by atoms with Gasteiger partial charge < -0.3 is 14.6 Å². The minimum absolute atomic E-state index is 0.0760. The standard InChI is InChI=1S/C18H17F2N3O4S/c1-18(8-27-9-18)10-28(25,26)14-7-23(2)16(15(14)20)17(24)22-12-3-4-13(19)11(5-12)6-21/h3-5,7H,8-10H2,1-2H3,(H,22,24). The number of hydrogen-bond acceptors (Lipinski definition) is 5. The van der Waals surface area contributed by atoms with Crippen LogP contribution in [0.1, 0.15) is 23.0 Å². The molecule has 1 aromatic carbocycles. The second kappa shape index (κ2) is 7.00. The first-order valence-corrected chi connectivity index (χ1v) is 9.88. The van der Waals surface area contributed by atoms with Crippen LogP contribution >= 0.6 is 0 Å². The lowest BCUT2D eigenvalue weighted by Crippen LogP contribution is -2.45. The number of aromatic nitrogens is 1. The van der Waals surface area contributed by atoms with Crippen LogP contribution in [-0.4, -0.2) is 37.9 Å². The molecule has 0 bridgehead atoms. The molecule has 1 amide bonds. The number of amides is 1. The fourth-order valence-electron chi connectivity index (χ4n) is 2.99. The van der Waals surface area contributed by atoms with Crippen molar-refractivity contribution in [3.05, 3.63) is 47.3 Å². The Balaban J connectivity index is 1.89. The van der Waals surface area contributed by atoms with Gasteiger partial charge in [-0.3, -0.25) is 4.79 Å². The van der Waals surface area contributed by atoms with Crippen LogP contribution in [0.2, 0.25) is 0 Å². The number of nitrogens with zero attached hydrogens (tertiary/aromatic N) is 2. The van der Waals surface area contributed by atoms with Crippen LogP contribution in [-0.2, 0) is 21.6 Å². The number of aryl methyl sites for hydroxylation is 1. The highest BCUT2D eigenvalue weighted by Crippen LogP contribution is 2.32. The van der Waals surface area contributed by atoms with E-state index in [0.29, 0.717) is 0 Å². The summed E-state index contributed by atoms with van der Waals surface area (Å²) in [5.74, 6) is -3.14. The number of benzene rings is 1. The molecule has 0 radical (unpaired) electrons. The fourth-order valence-corrected chi connectivity index (χ4v) is 4.92. The average Bonchev–Trinajstić information content (AvgIpc) is 2.90. The number of carbonyl (C=O) groups is 1. The number of sulfone groups is 1. The SMILES string of the molecule is Cn1cc(S(=O)(=O)CC2(C)COC2)c(F)c1C(=O)Nc1ccc(F)c(C#N)c1. The molecule has 0 atom stereocenters. The van der Waals surface area contributed by atoms with Gasteiger partial charge in [0, 0.05) is 24.3 Å². The first-order valence-electron chi connectivity index (χ1n) is 8.23. The first kappa shape index (κ1) is 20.0. The molecule has 148 valence electrons. The number of nitriles is 1. The van der Waals surface area contributed by atoms with Gasteiger partial charge in [0.15, 0.2) is 15.7 Å². The quantitative estimate of drug-likeness (QED) is 0.816. The fraction of sp³-hybridized carbons (Fsp3) is 0.333. The van der Waals surface area contributed by atoms with Gasteiger partial charge in [0.2, 0.25) is 0 Å². The number of anilines is 1. The molecule has 10 heteroatoms. The molecule has 0 spiro atoms. The second-order valence-electron chi connectivity index (χ2n) is 7.09. The summed E-state index contributed by atoms with van der Waals surface area (Å²) in [5, 5.41) is 11.2. The maximum absolute atomic E-state index is 14.8. The van der Waals surface area contributed by atoms with Crippen LogP contribution in [0.25, 0.3) is 0 Å². The third-order valence-corrected chi connectivity index (χ3v) is 6.45. The number of carbonyl (C=O) groups excluding carboxylic acids is 1. The van der Waals surface area contributed by atoms with E-state index >= 15 is 0 Å². The maximum Gasteiger partial charge on any atom is 0.275 e. The van der Waals surface area contributed by atoms with Crippen molar-refractivity contribution in [1.29, 1.82) is 5.26 Å². The zero-order chi connectivity index (χ0) is 20.7. The molecule has 1 fully saturated rings. The van der Waals surface area contributed by atoms with E-state index in [0.717, 1.165) is 22.9 Å². The molecule has 2 aromatic rings. The number of nitrogens with one attached hydrogen (secondary N) is 1. The van der Waals surface area contributed by atoms with Crippen molar-refractivity contribution >= 4 is 21.4 Å². The Kier molecular flexibility index (Phi) is 4.99. The number of ether oxygens (including phenoxy) is 1. The highest BCUT2D eigenvalue weighted by Gasteiger charge is 2.40. The summed E-state index contributed by atoms with van der Waals surface area (Å²) in [6.45, 7) is 2.25. The van der Waals surface area contributed by atoms with E-state index in [1.807, 2.05) is 0 Å². The summed E-state index contributed by atoms with van der Waals surface area (Å²) in [7, 11) is -2.64. The van der Waals surface area contributed by atoms with Crippen molar-refractivity contribution in [3.8, 4) is 6.07 Å². The predicted octanol–water partition coefficient (Wildman–Crippen LogP) is 2.24. The molecular formula is C18H17F2N3O4S. The Hall–Kier alpha value is -2.77. The molecule has 1 aliphatic rings. The van der Waals surface area contributed by atoms with Gasteiger partial charge >= 0.3 is 0 Å². The summed E-state index contributed by atoms with van der Waals surface area (Å²) < 4.78 is 59.6. The number of halogens is 2. The molecule has 3 rings (SSSR count). The van der Waals surface area contributed by atoms with Crippen LogP contribution in [0.3, 0.4) is 0 Å². The summed E-state index contributed by atoms with van der Waals surface area (Å²) in [4.78, 5) is 11.9. The zero-order valence-electron chi connectivity index (χ0n) is 15.1. The molecule has 1 N–H and O–H groups in total. The molecule has 28 heavy (non-hydrogen) atoms. The smallest absolute Gasteiger partial charge is 0.275 e. The summed E-state index contributed by atoms with van der Waals surface area (Å²) in [6, 6.07) is 4.94. The van der Waals surface area contributed by atoms with E-state index in [4.69, 9.17) is 10.00 Å². The van der Waals surface area contributed by atoms with E-state index in [1.54, 1.807) is 13.0 Å². The first-order chi connectivity index (χ1) is 13.1. The Morgan fingerprint density at radius 1 is 1.39 bits per heavy atom. The van der Waals surface area contributed by atoms with E-state index in [1.165, 1.54) is 13.1 Å². The minimum atomic E-state index is -3.98. The van der Waals surface area contributed by atoms with Gasteiger partial charge in [-0.25, -0.2) is 17.2 Å². The van der Waals surface area contributed by atoms with Crippen molar-refractivity contribution in [2.45, 2.75) is 11.8 Å². The molecule has 0 aliphatic carbocycles. The van der Waals surface area contributed by atoms with Crippen molar-refractivity contribution < 1.29 is 26.7 Å². The molecule has 0 unspecified atom stereocenters. The van der Waals surface area contributed by atoms with Gasteiger partial charge in [-0.15, -0.1) is 0 Å². The number of rotatable bonds is 5. The Labute approximate surface area is 160 Å². The van der Waals surface area contributed by atoms with E-state index in [-0.39, 0.29) is 30.2 Å². The highest BCUT2D eigenvalue weighted by atomic mass is 32.2. The Morgan fingerprint density at radius 2 is 2.07 bits per heavy atom. The monoisotopic (exact) mass is 409 g/mol. The predicted molar refractivity (Wildman–Crippen MR) is 95.4 cm³/mol. The molecule has 7 nitrogen and oxygen atoms in total. The molecule has 0 saturated carbocycles. The molecule has 1 aliphatic heterocycles. The van der Waals surface area contributed by atoms with Gasteiger partial charge in [-0.1, -0.05) is 6.92 Å². The summed E-state index contributed by atoms with van der Waals surface area (Å²) in [5.41, 5.74) is -1.29. The number of hydrogen-bond donors (Lipinski definition) is 1. The van der Waals surface area contributed by atoms with Gasteiger partial charge in [0.05, 0.1) is 24.5 Å². The second-order valence-corrected chi connectivity index (χ2v) is 9.05. The third-order valence-electron chi connectivity index (χ3n) is 4.42. The molecule has 1 aromatic heterocycles. The lowest BCUT2D eigenvalue weighted by atomic mass is 9.92. The lowest BCUT2D eigenvalue weighted by Gasteiger charge is -2.37. The van der Waals surface area contributed by atoms with Gasteiger partial charge in [-0.2, -0.15) is 5.26 Å². The van der Waals surface area contributed by atoms with Gasteiger partial charge in [0.25, 0.3) is 5.91 Å². The van der Waals surface area contributed by atoms with Gasteiger partial charge in [0.1, 0.15) is 22.5 Å². The molecular weight excluding hydrogens is 392 g/mol. The van der Waals surface area contributed by atoms with E-state index < -0.39 is 43.4 Å². The summed E-state index contributed by atoms with van der Waals surface area (Å²) >= 11 is 0. The van der Waals surface area contributed by atoms with Crippen LogP contribution in [0.15, 0.2) is 29.3 Å². The van der Waals surface area contributed by atoms with Crippen LogP contribution in [0.5, 0.6) is 0 Å². The molecule has 2 heterocycles. The van der Waals surface area contributed by atoms with E-state index in [9.17, 15) is 22.0 Å². The van der Waals surface area contributed by atoms with Crippen molar-refractivity contribution in [1.82, 2.24) is 4.57 Å². The highest BCUT2D eigenvalue weighted by molar-refractivity contribution is 7.91. The Morgan fingerprint density at radius 3 is 2.64 bits per heavy atom. The van der Waals surface area contributed by atoms with Crippen molar-refractivity contribution in [2.24, 2.45) is 12.5 Å². The van der Waals surface area contributed by atoms with Gasteiger partial charge in [-0.05, 0) is 18.2 Å². The minimum Gasteiger partial charge on any atom is -0.380 e. The van der Waals surface area contributed by atoms with Crippen LogP contribution in [0, 0.1) is 28.4 Å². The van der Waals surface area contributed by atoms with Crippen molar-refractivity contribution in [3.63, 3.8) is 0 Å². The maximum atomic E-state index is 14.8.